The normalized spacial score (nSPS) is 10.4. The van der Waals surface area contributed by atoms with Crippen LogP contribution in [-0.4, -0.2) is 17.0 Å². The van der Waals surface area contributed by atoms with Gasteiger partial charge in [0.25, 0.3) is 5.69 Å². The maximum Gasteiger partial charge on any atom is 0.269 e. The summed E-state index contributed by atoms with van der Waals surface area (Å²) in [5, 5.41) is 15.6. The Morgan fingerprint density at radius 2 is 1.91 bits per heavy atom. The average molecular weight is 295 g/mol. The third kappa shape index (κ3) is 2.67. The Morgan fingerprint density at radius 1 is 1.14 bits per heavy atom. The summed E-state index contributed by atoms with van der Waals surface area (Å²) >= 11 is 0. The number of fused-ring (bicyclic) bond motifs is 1. The number of nitro benzene ring substituents is 1. The molecule has 22 heavy (non-hydrogen) atoms. The van der Waals surface area contributed by atoms with Crippen molar-refractivity contribution in [2.75, 3.05) is 12.4 Å². The molecule has 1 N–H and O–H groups in total. The van der Waals surface area contributed by atoms with Gasteiger partial charge in [-0.1, -0.05) is 6.07 Å². The number of nitro groups is 1. The van der Waals surface area contributed by atoms with Crippen LogP contribution in [0.25, 0.3) is 10.8 Å². The molecule has 0 aliphatic rings. The monoisotopic (exact) mass is 295 g/mol. The van der Waals surface area contributed by atoms with E-state index in [0.29, 0.717) is 11.6 Å². The maximum absolute atomic E-state index is 10.7. The highest BCUT2D eigenvalue weighted by molar-refractivity contribution is 5.89. The molecule has 0 atom stereocenters. The van der Waals surface area contributed by atoms with Gasteiger partial charge >= 0.3 is 0 Å². The van der Waals surface area contributed by atoms with Crippen LogP contribution in [0.1, 0.15) is 0 Å². The van der Waals surface area contributed by atoms with Gasteiger partial charge in [0.2, 0.25) is 5.88 Å². The van der Waals surface area contributed by atoms with E-state index in [0.717, 1.165) is 16.5 Å². The third-order valence-corrected chi connectivity index (χ3v) is 3.28. The van der Waals surface area contributed by atoms with Gasteiger partial charge in [0.1, 0.15) is 5.75 Å². The van der Waals surface area contributed by atoms with Gasteiger partial charge in [-0.05, 0) is 35.7 Å². The average Bonchev–Trinajstić information content (AvgIpc) is 2.55. The summed E-state index contributed by atoms with van der Waals surface area (Å²) in [7, 11) is 1.84. The number of hydrogen-bond donors (Lipinski definition) is 1. The van der Waals surface area contributed by atoms with Crippen molar-refractivity contribution in [3.8, 4) is 11.6 Å². The Hall–Kier alpha value is -3.15. The molecule has 0 aliphatic carbocycles. The lowest BCUT2D eigenvalue weighted by molar-refractivity contribution is -0.384. The highest BCUT2D eigenvalue weighted by Crippen LogP contribution is 2.30. The van der Waals surface area contributed by atoms with Crippen molar-refractivity contribution >= 4 is 22.1 Å². The SMILES string of the molecule is CNc1ccc2ccnc(Oc3ccc([N+](=O)[O-])cc3)c2c1. The summed E-state index contributed by atoms with van der Waals surface area (Å²) in [5.74, 6) is 0.962. The van der Waals surface area contributed by atoms with E-state index < -0.39 is 4.92 Å². The molecule has 0 aliphatic heterocycles. The molecule has 0 fully saturated rings. The number of ether oxygens (including phenoxy) is 1. The molecule has 0 spiro atoms. The quantitative estimate of drug-likeness (QED) is 0.582. The standard InChI is InChI=1S/C16H13N3O3/c1-17-12-3-2-11-8-9-18-16(15(11)10-12)22-14-6-4-13(5-7-14)19(20)21/h2-10,17H,1H3. The van der Waals surface area contributed by atoms with E-state index in [1.807, 2.05) is 31.3 Å². The van der Waals surface area contributed by atoms with Crippen molar-refractivity contribution in [1.82, 2.24) is 4.98 Å². The van der Waals surface area contributed by atoms with Gasteiger partial charge in [-0.25, -0.2) is 4.98 Å². The molecular weight excluding hydrogens is 282 g/mol. The van der Waals surface area contributed by atoms with Crippen molar-refractivity contribution in [1.29, 1.82) is 0 Å². The van der Waals surface area contributed by atoms with Crippen molar-refractivity contribution in [3.63, 3.8) is 0 Å². The van der Waals surface area contributed by atoms with Crippen molar-refractivity contribution in [2.24, 2.45) is 0 Å². The van der Waals surface area contributed by atoms with Crippen molar-refractivity contribution < 1.29 is 9.66 Å². The molecule has 0 amide bonds. The second kappa shape index (κ2) is 5.69. The number of anilines is 1. The fourth-order valence-electron chi connectivity index (χ4n) is 2.13. The predicted octanol–water partition coefficient (Wildman–Crippen LogP) is 3.98. The minimum atomic E-state index is -0.445. The van der Waals surface area contributed by atoms with E-state index in [2.05, 4.69) is 10.3 Å². The molecule has 3 aromatic rings. The number of pyridine rings is 1. The summed E-state index contributed by atoms with van der Waals surface area (Å²) in [6.45, 7) is 0. The molecule has 3 rings (SSSR count). The van der Waals surface area contributed by atoms with Crippen LogP contribution in [-0.2, 0) is 0 Å². The van der Waals surface area contributed by atoms with Crippen LogP contribution in [0, 0.1) is 10.1 Å². The number of aromatic nitrogens is 1. The third-order valence-electron chi connectivity index (χ3n) is 3.28. The lowest BCUT2D eigenvalue weighted by Crippen LogP contribution is -1.92. The van der Waals surface area contributed by atoms with E-state index in [1.54, 1.807) is 18.3 Å². The van der Waals surface area contributed by atoms with Crippen LogP contribution in [0.4, 0.5) is 11.4 Å². The van der Waals surface area contributed by atoms with Gasteiger partial charge in [-0.2, -0.15) is 0 Å². The Balaban J connectivity index is 1.97. The minimum absolute atomic E-state index is 0.0238. The summed E-state index contributed by atoms with van der Waals surface area (Å²) in [5.41, 5.74) is 0.977. The summed E-state index contributed by atoms with van der Waals surface area (Å²) in [6, 6.07) is 13.7. The highest BCUT2D eigenvalue weighted by Gasteiger charge is 2.08. The van der Waals surface area contributed by atoms with Crippen LogP contribution >= 0.6 is 0 Å². The molecule has 6 heteroatoms. The summed E-state index contributed by atoms with van der Waals surface area (Å²) in [4.78, 5) is 14.5. The fourth-order valence-corrected chi connectivity index (χ4v) is 2.13. The van der Waals surface area contributed by atoms with Crippen LogP contribution in [0.3, 0.4) is 0 Å². The Morgan fingerprint density at radius 3 is 2.59 bits per heavy atom. The molecule has 0 saturated carbocycles. The molecule has 6 nitrogen and oxygen atoms in total. The maximum atomic E-state index is 10.7. The van der Waals surface area contributed by atoms with E-state index >= 15 is 0 Å². The lowest BCUT2D eigenvalue weighted by Gasteiger charge is -2.09. The first kappa shape index (κ1) is 13.8. The second-order valence-corrected chi connectivity index (χ2v) is 4.66. The number of benzene rings is 2. The molecule has 0 radical (unpaired) electrons. The number of nitrogens with one attached hydrogen (secondary N) is 1. The van der Waals surface area contributed by atoms with Gasteiger partial charge in [-0.3, -0.25) is 10.1 Å². The molecule has 0 bridgehead atoms. The van der Waals surface area contributed by atoms with Crippen LogP contribution in [0.5, 0.6) is 11.6 Å². The van der Waals surface area contributed by atoms with E-state index in [1.165, 1.54) is 12.1 Å². The Bertz CT molecular complexity index is 832. The van der Waals surface area contributed by atoms with Crippen LogP contribution in [0.2, 0.25) is 0 Å². The van der Waals surface area contributed by atoms with Gasteiger partial charge in [0, 0.05) is 36.5 Å². The lowest BCUT2D eigenvalue weighted by atomic mass is 10.1. The zero-order valence-electron chi connectivity index (χ0n) is 11.8. The van der Waals surface area contributed by atoms with Crippen molar-refractivity contribution in [3.05, 3.63) is 64.8 Å². The molecular formula is C16H13N3O3. The second-order valence-electron chi connectivity index (χ2n) is 4.66. The Kier molecular flexibility index (Phi) is 3.57. The largest absolute Gasteiger partial charge is 0.438 e. The van der Waals surface area contributed by atoms with Crippen molar-refractivity contribution in [2.45, 2.75) is 0 Å². The molecule has 0 saturated heterocycles. The smallest absolute Gasteiger partial charge is 0.269 e. The van der Waals surface area contributed by atoms with E-state index in [9.17, 15) is 10.1 Å². The molecule has 0 unspecified atom stereocenters. The first-order chi connectivity index (χ1) is 10.7. The topological polar surface area (TPSA) is 77.3 Å². The number of rotatable bonds is 4. The number of non-ortho nitro benzene ring substituents is 1. The van der Waals surface area contributed by atoms with Gasteiger partial charge < -0.3 is 10.1 Å². The molecule has 1 aromatic heterocycles. The zero-order chi connectivity index (χ0) is 15.5. The van der Waals surface area contributed by atoms with Crippen LogP contribution in [0.15, 0.2) is 54.7 Å². The summed E-state index contributed by atoms with van der Waals surface area (Å²) < 4.78 is 5.76. The van der Waals surface area contributed by atoms with Gasteiger partial charge in [0.15, 0.2) is 0 Å². The predicted molar refractivity (Wildman–Crippen MR) is 84.5 cm³/mol. The van der Waals surface area contributed by atoms with E-state index in [-0.39, 0.29) is 5.69 Å². The fraction of sp³-hybridized carbons (Fsp3) is 0.0625. The Labute approximate surface area is 126 Å². The molecule has 1 heterocycles. The van der Waals surface area contributed by atoms with Crippen LogP contribution < -0.4 is 10.1 Å². The first-order valence-corrected chi connectivity index (χ1v) is 6.66. The van der Waals surface area contributed by atoms with Gasteiger partial charge in [-0.15, -0.1) is 0 Å². The molecule has 2 aromatic carbocycles. The number of nitrogens with zero attached hydrogens (tertiary/aromatic N) is 2. The van der Waals surface area contributed by atoms with E-state index in [4.69, 9.17) is 4.74 Å². The summed E-state index contributed by atoms with van der Waals surface area (Å²) in [6.07, 6.45) is 1.67. The highest BCUT2D eigenvalue weighted by atomic mass is 16.6. The number of hydrogen-bond acceptors (Lipinski definition) is 5. The zero-order valence-corrected chi connectivity index (χ0v) is 11.8. The minimum Gasteiger partial charge on any atom is -0.438 e. The molecule has 110 valence electrons. The first-order valence-electron chi connectivity index (χ1n) is 6.66. The van der Waals surface area contributed by atoms with Gasteiger partial charge in [0.05, 0.1) is 4.92 Å².